The van der Waals surface area contributed by atoms with Gasteiger partial charge >= 0.3 is 0 Å². The van der Waals surface area contributed by atoms with Gasteiger partial charge in [0.05, 0.1) is 0 Å². The second kappa shape index (κ2) is 6.44. The summed E-state index contributed by atoms with van der Waals surface area (Å²) in [7, 11) is 0. The number of rotatable bonds is 3. The van der Waals surface area contributed by atoms with Gasteiger partial charge in [0.15, 0.2) is 0 Å². The molecule has 1 saturated heterocycles. The molecule has 2 fully saturated rings. The topological polar surface area (TPSA) is 12.0 Å². The Morgan fingerprint density at radius 1 is 1.06 bits per heavy atom. The van der Waals surface area contributed by atoms with Gasteiger partial charge in [-0.15, -0.1) is 0 Å². The van der Waals surface area contributed by atoms with Crippen molar-refractivity contribution in [1.82, 2.24) is 5.32 Å². The molecule has 1 heterocycles. The van der Waals surface area contributed by atoms with Crippen LogP contribution < -0.4 is 5.32 Å². The van der Waals surface area contributed by atoms with E-state index in [1.165, 1.54) is 64.3 Å². The third kappa shape index (κ3) is 3.93. The van der Waals surface area contributed by atoms with E-state index in [0.29, 0.717) is 0 Å². The first-order chi connectivity index (χ1) is 7.84. The highest BCUT2D eigenvalue weighted by Gasteiger charge is 2.14. The molecule has 0 radical (unpaired) electrons. The Balaban J connectivity index is 1.76. The van der Waals surface area contributed by atoms with Gasteiger partial charge < -0.3 is 5.32 Å². The Morgan fingerprint density at radius 2 is 1.81 bits per heavy atom. The first-order valence-electron chi connectivity index (χ1n) is 7.25. The fourth-order valence-electron chi connectivity index (χ4n) is 3.26. The summed E-state index contributed by atoms with van der Waals surface area (Å²) in [5, 5.41) is 3.65. The zero-order chi connectivity index (χ0) is 11.2. The summed E-state index contributed by atoms with van der Waals surface area (Å²) in [6.07, 6.45) is 15.3. The zero-order valence-electron chi connectivity index (χ0n) is 10.8. The van der Waals surface area contributed by atoms with Crippen molar-refractivity contribution < 1.29 is 0 Å². The van der Waals surface area contributed by atoms with E-state index in [1.54, 1.807) is 5.57 Å². The summed E-state index contributed by atoms with van der Waals surface area (Å²) >= 11 is 0. The summed E-state index contributed by atoms with van der Waals surface area (Å²) in [5.41, 5.74) is 1.63. The maximum absolute atomic E-state index is 3.65. The molecule has 0 aromatic carbocycles. The molecule has 1 heteroatoms. The lowest BCUT2D eigenvalue weighted by molar-refractivity contribution is 0.392. The third-order valence-corrected chi connectivity index (χ3v) is 4.15. The Hall–Kier alpha value is -0.300. The highest BCUT2D eigenvalue weighted by atomic mass is 14.9. The second-order valence-corrected chi connectivity index (χ2v) is 5.76. The van der Waals surface area contributed by atoms with Crippen LogP contribution >= 0.6 is 0 Å². The second-order valence-electron chi connectivity index (χ2n) is 5.76. The molecule has 1 atom stereocenters. The zero-order valence-corrected chi connectivity index (χ0v) is 10.8. The van der Waals surface area contributed by atoms with Gasteiger partial charge in [0, 0.05) is 6.04 Å². The van der Waals surface area contributed by atoms with Gasteiger partial charge in [0.2, 0.25) is 0 Å². The Labute approximate surface area is 101 Å². The van der Waals surface area contributed by atoms with Crippen molar-refractivity contribution in [2.24, 2.45) is 5.92 Å². The van der Waals surface area contributed by atoms with Crippen LogP contribution in [-0.2, 0) is 0 Å². The molecule has 16 heavy (non-hydrogen) atoms. The number of allylic oxidation sites excluding steroid dienone is 1. The normalized spacial score (nSPS) is 29.3. The van der Waals surface area contributed by atoms with Gasteiger partial charge in [0.25, 0.3) is 0 Å². The van der Waals surface area contributed by atoms with E-state index in [1.807, 2.05) is 0 Å². The lowest BCUT2D eigenvalue weighted by Gasteiger charge is -2.25. The monoisotopic (exact) mass is 221 g/mol. The van der Waals surface area contributed by atoms with E-state index in [9.17, 15) is 0 Å². The average molecular weight is 221 g/mol. The molecule has 92 valence electrons. The van der Waals surface area contributed by atoms with Crippen LogP contribution in [0, 0.1) is 5.92 Å². The Morgan fingerprint density at radius 3 is 2.50 bits per heavy atom. The predicted molar refractivity (Wildman–Crippen MR) is 70.6 cm³/mol. The maximum atomic E-state index is 3.65. The number of piperidine rings is 1. The van der Waals surface area contributed by atoms with Crippen LogP contribution in [0.25, 0.3) is 0 Å². The average Bonchev–Trinajstić information content (AvgIpc) is 2.31. The molecule has 0 spiro atoms. The molecule has 1 saturated carbocycles. The van der Waals surface area contributed by atoms with Crippen LogP contribution in [0.1, 0.15) is 64.7 Å². The van der Waals surface area contributed by atoms with Gasteiger partial charge in [-0.3, -0.25) is 0 Å². The fraction of sp³-hybridized carbons (Fsp3) is 0.867. The minimum atomic E-state index is 0.772. The van der Waals surface area contributed by atoms with Crippen LogP contribution in [0.5, 0.6) is 0 Å². The molecule has 2 rings (SSSR count). The van der Waals surface area contributed by atoms with Crippen LogP contribution in [0.4, 0.5) is 0 Å². The van der Waals surface area contributed by atoms with Crippen molar-refractivity contribution in [2.45, 2.75) is 70.8 Å². The first-order valence-corrected chi connectivity index (χ1v) is 7.25. The Bertz CT molecular complexity index is 220. The lowest BCUT2D eigenvalue weighted by atomic mass is 9.87. The molecule has 2 aliphatic rings. The standard InChI is InChI=1S/C15H27N/c1-13(11-14-7-3-2-4-8-14)12-15-9-5-6-10-16-15/h11,14-16H,2-10,12H2,1H3. The molecule has 1 aliphatic heterocycles. The summed E-state index contributed by atoms with van der Waals surface area (Å²) in [6.45, 7) is 3.58. The van der Waals surface area contributed by atoms with Crippen LogP contribution in [-0.4, -0.2) is 12.6 Å². The van der Waals surface area contributed by atoms with Crippen molar-refractivity contribution in [2.75, 3.05) is 6.54 Å². The quantitative estimate of drug-likeness (QED) is 0.709. The number of hydrogen-bond acceptors (Lipinski definition) is 1. The SMILES string of the molecule is CC(=CC1CCCCC1)CC1CCCCN1. The van der Waals surface area contributed by atoms with Crippen molar-refractivity contribution in [3.63, 3.8) is 0 Å². The smallest absolute Gasteiger partial charge is 0.0104 e. The molecule has 1 nitrogen and oxygen atoms in total. The summed E-state index contributed by atoms with van der Waals surface area (Å²) in [4.78, 5) is 0. The molecule has 0 aromatic heterocycles. The lowest BCUT2D eigenvalue weighted by Crippen LogP contribution is -2.34. The molecule has 0 amide bonds. The van der Waals surface area contributed by atoms with E-state index < -0.39 is 0 Å². The van der Waals surface area contributed by atoms with Crippen LogP contribution in [0.3, 0.4) is 0 Å². The minimum absolute atomic E-state index is 0.772. The van der Waals surface area contributed by atoms with Crippen LogP contribution in [0.15, 0.2) is 11.6 Å². The molecular weight excluding hydrogens is 194 g/mol. The number of nitrogens with one attached hydrogen (secondary N) is 1. The molecule has 0 bridgehead atoms. The van der Waals surface area contributed by atoms with E-state index >= 15 is 0 Å². The largest absolute Gasteiger partial charge is 0.314 e. The predicted octanol–water partition coefficient (Wildman–Crippen LogP) is 4.05. The Kier molecular flexibility index (Phi) is 4.90. The summed E-state index contributed by atoms with van der Waals surface area (Å²) in [6, 6.07) is 0.772. The molecular formula is C15H27N. The molecule has 1 N–H and O–H groups in total. The van der Waals surface area contributed by atoms with Crippen LogP contribution in [0.2, 0.25) is 0 Å². The van der Waals surface area contributed by atoms with E-state index in [-0.39, 0.29) is 0 Å². The summed E-state index contributed by atoms with van der Waals surface area (Å²) < 4.78 is 0. The molecule has 1 unspecified atom stereocenters. The van der Waals surface area contributed by atoms with E-state index in [0.717, 1.165) is 12.0 Å². The van der Waals surface area contributed by atoms with E-state index in [4.69, 9.17) is 0 Å². The number of hydrogen-bond donors (Lipinski definition) is 1. The third-order valence-electron chi connectivity index (χ3n) is 4.15. The van der Waals surface area contributed by atoms with Gasteiger partial charge in [-0.2, -0.15) is 0 Å². The molecule has 0 aromatic rings. The van der Waals surface area contributed by atoms with Crippen molar-refractivity contribution >= 4 is 0 Å². The van der Waals surface area contributed by atoms with Gasteiger partial charge in [-0.25, -0.2) is 0 Å². The van der Waals surface area contributed by atoms with Gasteiger partial charge in [-0.05, 0) is 51.5 Å². The molecule has 1 aliphatic carbocycles. The van der Waals surface area contributed by atoms with Gasteiger partial charge in [0.1, 0.15) is 0 Å². The summed E-state index contributed by atoms with van der Waals surface area (Å²) in [5.74, 6) is 0.900. The van der Waals surface area contributed by atoms with Crippen molar-refractivity contribution in [3.8, 4) is 0 Å². The van der Waals surface area contributed by atoms with E-state index in [2.05, 4.69) is 18.3 Å². The minimum Gasteiger partial charge on any atom is -0.314 e. The highest BCUT2D eigenvalue weighted by molar-refractivity contribution is 5.04. The highest BCUT2D eigenvalue weighted by Crippen LogP contribution is 2.26. The van der Waals surface area contributed by atoms with Gasteiger partial charge in [-0.1, -0.05) is 37.3 Å². The first kappa shape index (κ1) is 12.2. The van der Waals surface area contributed by atoms with Crippen molar-refractivity contribution in [3.05, 3.63) is 11.6 Å². The van der Waals surface area contributed by atoms with Crippen molar-refractivity contribution in [1.29, 1.82) is 0 Å². The maximum Gasteiger partial charge on any atom is 0.0104 e. The fourth-order valence-corrected chi connectivity index (χ4v) is 3.26.